The zero-order chi connectivity index (χ0) is 16.5. The standard InChI is InChI=1S/C12H23NO9/c13-12(19)4-20-7(3-15)10(11(12)18)22-8-1-5(16)9(17)6(2-14)21-8/h5-11,14-19H,1-4,13H2/t5-,6-,7-,8?,9-,10-,11+,12+/m1/s1. The predicted octanol–water partition coefficient (Wildman–Crippen LogP) is -4.40. The van der Waals surface area contributed by atoms with Crippen molar-refractivity contribution in [1.82, 2.24) is 0 Å². The Morgan fingerprint density at radius 1 is 1.14 bits per heavy atom. The normalized spacial score (nSPS) is 50.0. The van der Waals surface area contributed by atoms with E-state index >= 15 is 0 Å². The van der Waals surface area contributed by atoms with Crippen molar-refractivity contribution >= 4 is 0 Å². The van der Waals surface area contributed by atoms with E-state index in [-0.39, 0.29) is 13.0 Å². The second kappa shape index (κ2) is 7.01. The molecule has 2 fully saturated rings. The van der Waals surface area contributed by atoms with Crippen LogP contribution in [0.1, 0.15) is 6.42 Å². The minimum absolute atomic E-state index is 0.123. The third-order valence-electron chi connectivity index (χ3n) is 3.92. The van der Waals surface area contributed by atoms with Crippen LogP contribution in [0.5, 0.6) is 0 Å². The van der Waals surface area contributed by atoms with Crippen LogP contribution >= 0.6 is 0 Å². The maximum absolute atomic E-state index is 10.1. The van der Waals surface area contributed by atoms with Gasteiger partial charge in [0.15, 0.2) is 12.0 Å². The maximum atomic E-state index is 10.1. The number of ether oxygens (including phenoxy) is 3. The van der Waals surface area contributed by atoms with Crippen LogP contribution in [0.15, 0.2) is 0 Å². The molecule has 10 heteroatoms. The molecule has 0 aromatic carbocycles. The molecule has 10 nitrogen and oxygen atoms in total. The number of aliphatic hydroxyl groups excluding tert-OH is 5. The van der Waals surface area contributed by atoms with Crippen LogP contribution in [0, 0.1) is 0 Å². The molecule has 0 spiro atoms. The Morgan fingerprint density at radius 3 is 2.36 bits per heavy atom. The lowest BCUT2D eigenvalue weighted by molar-refractivity contribution is -0.318. The average molecular weight is 325 g/mol. The van der Waals surface area contributed by atoms with E-state index < -0.39 is 61.9 Å². The van der Waals surface area contributed by atoms with Gasteiger partial charge in [-0.2, -0.15) is 0 Å². The monoisotopic (exact) mass is 325 g/mol. The van der Waals surface area contributed by atoms with E-state index in [1.807, 2.05) is 0 Å². The highest BCUT2D eigenvalue weighted by molar-refractivity contribution is 4.95. The van der Waals surface area contributed by atoms with Gasteiger partial charge in [0.2, 0.25) is 0 Å². The minimum Gasteiger partial charge on any atom is -0.394 e. The van der Waals surface area contributed by atoms with Crippen LogP contribution in [-0.2, 0) is 14.2 Å². The maximum Gasteiger partial charge on any atom is 0.165 e. The lowest BCUT2D eigenvalue weighted by atomic mass is 9.95. The molecule has 2 saturated heterocycles. The Bertz CT molecular complexity index is 369. The van der Waals surface area contributed by atoms with Crippen LogP contribution in [0.4, 0.5) is 0 Å². The quantitative estimate of drug-likeness (QED) is 0.250. The Labute approximate surface area is 126 Å². The highest BCUT2D eigenvalue weighted by Crippen LogP contribution is 2.28. The predicted molar refractivity (Wildman–Crippen MR) is 69.2 cm³/mol. The zero-order valence-electron chi connectivity index (χ0n) is 11.9. The summed E-state index contributed by atoms with van der Waals surface area (Å²) in [6.07, 6.45) is -8.43. The smallest absolute Gasteiger partial charge is 0.165 e. The van der Waals surface area contributed by atoms with Crippen molar-refractivity contribution in [3.63, 3.8) is 0 Å². The molecule has 0 aromatic rings. The summed E-state index contributed by atoms with van der Waals surface area (Å²) in [6.45, 7) is -1.41. The van der Waals surface area contributed by atoms with Gasteiger partial charge in [0, 0.05) is 6.42 Å². The van der Waals surface area contributed by atoms with Gasteiger partial charge in [-0.1, -0.05) is 0 Å². The first kappa shape index (κ1) is 17.9. The summed E-state index contributed by atoms with van der Waals surface area (Å²) in [5.41, 5.74) is 3.43. The van der Waals surface area contributed by atoms with Gasteiger partial charge in [0.1, 0.15) is 30.5 Å². The van der Waals surface area contributed by atoms with Crippen molar-refractivity contribution in [2.45, 2.75) is 55.1 Å². The summed E-state index contributed by atoms with van der Waals surface area (Å²) < 4.78 is 15.9. The number of hydrogen-bond donors (Lipinski definition) is 7. The molecule has 2 heterocycles. The fourth-order valence-corrected chi connectivity index (χ4v) is 2.56. The first-order valence-electron chi connectivity index (χ1n) is 7.00. The van der Waals surface area contributed by atoms with Gasteiger partial charge in [-0.3, -0.25) is 5.73 Å². The number of aliphatic hydroxyl groups is 6. The van der Waals surface area contributed by atoms with E-state index in [2.05, 4.69) is 0 Å². The van der Waals surface area contributed by atoms with Gasteiger partial charge >= 0.3 is 0 Å². The minimum atomic E-state index is -2.06. The summed E-state index contributed by atoms with van der Waals surface area (Å²) in [6, 6.07) is 0. The fraction of sp³-hybridized carbons (Fsp3) is 1.00. The SMILES string of the molecule is N[C@]1(O)CO[C@H](CO)[C@@H](OC2C[C@@H](O)[C@@H](O)[C@@H](CO)O2)[C@@H]1O. The molecule has 0 aliphatic carbocycles. The van der Waals surface area contributed by atoms with E-state index in [4.69, 9.17) is 25.1 Å². The molecule has 2 aliphatic rings. The molecule has 0 radical (unpaired) electrons. The second-order valence-electron chi connectivity index (χ2n) is 5.65. The third kappa shape index (κ3) is 3.57. The van der Waals surface area contributed by atoms with E-state index in [1.54, 1.807) is 0 Å². The van der Waals surface area contributed by atoms with Crippen molar-refractivity contribution in [3.05, 3.63) is 0 Å². The number of hydrogen-bond acceptors (Lipinski definition) is 10. The molecule has 0 saturated carbocycles. The van der Waals surface area contributed by atoms with E-state index in [1.165, 1.54) is 0 Å². The first-order chi connectivity index (χ1) is 10.3. The van der Waals surface area contributed by atoms with Gasteiger partial charge in [-0.25, -0.2) is 0 Å². The molecule has 8 N–H and O–H groups in total. The van der Waals surface area contributed by atoms with E-state index in [9.17, 15) is 25.5 Å². The molecule has 0 amide bonds. The number of rotatable bonds is 4. The molecule has 8 atom stereocenters. The molecule has 2 aliphatic heterocycles. The van der Waals surface area contributed by atoms with Crippen LogP contribution in [0.2, 0.25) is 0 Å². The van der Waals surface area contributed by atoms with Crippen molar-refractivity contribution in [2.24, 2.45) is 5.73 Å². The molecule has 130 valence electrons. The molecule has 1 unspecified atom stereocenters. The van der Waals surface area contributed by atoms with Crippen molar-refractivity contribution in [1.29, 1.82) is 0 Å². The molecular weight excluding hydrogens is 302 g/mol. The molecule has 0 aromatic heterocycles. The van der Waals surface area contributed by atoms with Crippen LogP contribution in [0.25, 0.3) is 0 Å². The van der Waals surface area contributed by atoms with Crippen LogP contribution < -0.4 is 5.73 Å². The number of nitrogens with two attached hydrogens (primary N) is 1. The van der Waals surface area contributed by atoms with Crippen molar-refractivity contribution < 1.29 is 44.8 Å². The summed E-state index contributed by atoms with van der Waals surface area (Å²) in [4.78, 5) is 0. The van der Waals surface area contributed by atoms with Crippen LogP contribution in [-0.4, -0.2) is 99.1 Å². The van der Waals surface area contributed by atoms with Gasteiger partial charge < -0.3 is 44.8 Å². The van der Waals surface area contributed by atoms with E-state index in [0.717, 1.165) is 0 Å². The first-order valence-corrected chi connectivity index (χ1v) is 7.00. The average Bonchev–Trinajstić information content (AvgIpc) is 2.47. The largest absolute Gasteiger partial charge is 0.394 e. The zero-order valence-corrected chi connectivity index (χ0v) is 11.9. The Hall–Kier alpha value is -0.400. The topological polar surface area (TPSA) is 175 Å². The Kier molecular flexibility index (Phi) is 5.72. The highest BCUT2D eigenvalue weighted by atomic mass is 16.7. The van der Waals surface area contributed by atoms with Crippen LogP contribution in [0.3, 0.4) is 0 Å². The van der Waals surface area contributed by atoms with Gasteiger partial charge in [0.25, 0.3) is 0 Å². The third-order valence-corrected chi connectivity index (χ3v) is 3.92. The van der Waals surface area contributed by atoms with Gasteiger partial charge in [-0.15, -0.1) is 0 Å². The highest BCUT2D eigenvalue weighted by Gasteiger charge is 2.49. The lowest BCUT2D eigenvalue weighted by Gasteiger charge is -2.45. The Balaban J connectivity index is 2.06. The summed E-state index contributed by atoms with van der Waals surface area (Å²) in [5.74, 6) is 0. The summed E-state index contributed by atoms with van der Waals surface area (Å²) in [5, 5.41) is 57.6. The Morgan fingerprint density at radius 2 is 1.77 bits per heavy atom. The summed E-state index contributed by atoms with van der Waals surface area (Å²) >= 11 is 0. The van der Waals surface area contributed by atoms with E-state index in [0.29, 0.717) is 0 Å². The summed E-state index contributed by atoms with van der Waals surface area (Å²) in [7, 11) is 0. The van der Waals surface area contributed by atoms with Gasteiger partial charge in [-0.05, 0) is 0 Å². The van der Waals surface area contributed by atoms with Crippen molar-refractivity contribution in [3.8, 4) is 0 Å². The molecule has 22 heavy (non-hydrogen) atoms. The second-order valence-corrected chi connectivity index (χ2v) is 5.65. The molecule has 2 rings (SSSR count). The lowest BCUT2D eigenvalue weighted by Crippen LogP contribution is -2.68. The van der Waals surface area contributed by atoms with Gasteiger partial charge in [0.05, 0.1) is 25.9 Å². The molecular formula is C12H23NO9. The van der Waals surface area contributed by atoms with Crippen molar-refractivity contribution in [2.75, 3.05) is 19.8 Å². The fourth-order valence-electron chi connectivity index (χ4n) is 2.56. The molecule has 0 bridgehead atoms.